The van der Waals surface area contributed by atoms with Gasteiger partial charge in [0, 0.05) is 12.2 Å². The molecule has 144 valence electrons. The molecule has 0 aliphatic heterocycles. The monoisotopic (exact) mass is 360 g/mol. The van der Waals surface area contributed by atoms with Gasteiger partial charge in [-0.15, -0.1) is 0 Å². The van der Waals surface area contributed by atoms with E-state index in [1.54, 1.807) is 0 Å². The van der Waals surface area contributed by atoms with Crippen LogP contribution in [0.1, 0.15) is 63.9 Å². The van der Waals surface area contributed by atoms with Crippen LogP contribution < -0.4 is 0 Å². The minimum absolute atomic E-state index is 0.338. The molecular formula is C22H32O4. The fraction of sp³-hybridized carbons (Fsp3) is 0.545. The average molecular weight is 360 g/mol. The second kappa shape index (κ2) is 15.2. The van der Waals surface area contributed by atoms with Crippen molar-refractivity contribution in [1.29, 1.82) is 0 Å². The first-order valence-electron chi connectivity index (χ1n) is 9.78. The standard InChI is InChI=1S/C22H32O4/c1-2-3-4-5-6-7-11-18-25-21(23)16-17-22(24)26-19-12-15-20-13-9-8-10-14-20/h8-10,13-14,16-17H,2-7,11-12,15,18-19H2,1H3/b17-16+. The summed E-state index contributed by atoms with van der Waals surface area (Å²) in [6.07, 6.45) is 12.1. The summed E-state index contributed by atoms with van der Waals surface area (Å²) in [6.45, 7) is 2.95. The van der Waals surface area contributed by atoms with Crippen LogP contribution in [0.25, 0.3) is 0 Å². The number of rotatable bonds is 14. The van der Waals surface area contributed by atoms with Crippen molar-refractivity contribution in [1.82, 2.24) is 0 Å². The topological polar surface area (TPSA) is 52.6 Å². The molecular weight excluding hydrogens is 328 g/mol. The van der Waals surface area contributed by atoms with E-state index in [9.17, 15) is 9.59 Å². The van der Waals surface area contributed by atoms with Crippen LogP contribution in [-0.4, -0.2) is 25.2 Å². The van der Waals surface area contributed by atoms with E-state index in [-0.39, 0.29) is 0 Å². The summed E-state index contributed by atoms with van der Waals surface area (Å²) in [5, 5.41) is 0. The minimum Gasteiger partial charge on any atom is -0.463 e. The number of aryl methyl sites for hydroxylation is 1. The first kappa shape index (κ1) is 21.9. The number of ether oxygens (including phenoxy) is 2. The van der Waals surface area contributed by atoms with Crippen molar-refractivity contribution in [2.45, 2.75) is 64.7 Å². The van der Waals surface area contributed by atoms with Gasteiger partial charge in [-0.3, -0.25) is 0 Å². The second-order valence-corrected chi connectivity index (χ2v) is 6.38. The van der Waals surface area contributed by atoms with Crippen molar-refractivity contribution in [3.05, 3.63) is 48.0 Å². The normalized spacial score (nSPS) is 10.8. The van der Waals surface area contributed by atoms with Crippen molar-refractivity contribution in [3.8, 4) is 0 Å². The Bertz CT molecular complexity index is 522. The number of hydrogen-bond donors (Lipinski definition) is 0. The van der Waals surface area contributed by atoms with Gasteiger partial charge in [-0.05, 0) is 24.8 Å². The SMILES string of the molecule is CCCCCCCCCOC(=O)/C=C/C(=O)OCCCc1ccccc1. The summed E-state index contributed by atoms with van der Waals surface area (Å²) in [5.41, 5.74) is 1.22. The fourth-order valence-corrected chi connectivity index (χ4v) is 2.56. The quantitative estimate of drug-likeness (QED) is 0.266. The second-order valence-electron chi connectivity index (χ2n) is 6.38. The van der Waals surface area contributed by atoms with Gasteiger partial charge in [0.15, 0.2) is 0 Å². The third-order valence-electron chi connectivity index (χ3n) is 4.04. The molecule has 26 heavy (non-hydrogen) atoms. The van der Waals surface area contributed by atoms with Crippen molar-refractivity contribution in [2.75, 3.05) is 13.2 Å². The molecule has 0 bridgehead atoms. The first-order valence-corrected chi connectivity index (χ1v) is 9.78. The van der Waals surface area contributed by atoms with Crippen molar-refractivity contribution >= 4 is 11.9 Å². The van der Waals surface area contributed by atoms with E-state index < -0.39 is 11.9 Å². The highest BCUT2D eigenvalue weighted by atomic mass is 16.5. The number of carbonyl (C=O) groups excluding carboxylic acids is 2. The van der Waals surface area contributed by atoms with Gasteiger partial charge in [0.1, 0.15) is 0 Å². The zero-order chi connectivity index (χ0) is 18.9. The van der Waals surface area contributed by atoms with Crippen LogP contribution >= 0.6 is 0 Å². The first-order chi connectivity index (χ1) is 12.7. The molecule has 0 fully saturated rings. The molecule has 0 saturated carbocycles. The van der Waals surface area contributed by atoms with Gasteiger partial charge in [-0.25, -0.2) is 9.59 Å². The molecule has 4 heteroatoms. The van der Waals surface area contributed by atoms with Crippen molar-refractivity contribution in [2.24, 2.45) is 0 Å². The van der Waals surface area contributed by atoms with Gasteiger partial charge < -0.3 is 9.47 Å². The van der Waals surface area contributed by atoms with Gasteiger partial charge in [0.25, 0.3) is 0 Å². The van der Waals surface area contributed by atoms with E-state index in [1.165, 1.54) is 37.7 Å². The minimum atomic E-state index is -0.508. The Morgan fingerprint density at radius 3 is 1.92 bits per heavy atom. The molecule has 0 spiro atoms. The summed E-state index contributed by atoms with van der Waals surface area (Å²) in [4.78, 5) is 23.1. The lowest BCUT2D eigenvalue weighted by Crippen LogP contribution is -2.06. The lowest BCUT2D eigenvalue weighted by atomic mass is 10.1. The molecule has 0 aliphatic carbocycles. The molecule has 0 N–H and O–H groups in total. The van der Waals surface area contributed by atoms with Crippen LogP contribution in [0.3, 0.4) is 0 Å². The van der Waals surface area contributed by atoms with E-state index in [2.05, 4.69) is 6.92 Å². The van der Waals surface area contributed by atoms with Crippen LogP contribution in [0.2, 0.25) is 0 Å². The van der Waals surface area contributed by atoms with Crippen molar-refractivity contribution in [3.63, 3.8) is 0 Å². The summed E-state index contributed by atoms with van der Waals surface area (Å²) >= 11 is 0. The lowest BCUT2D eigenvalue weighted by Gasteiger charge is -2.03. The average Bonchev–Trinajstić information content (AvgIpc) is 2.66. The maximum absolute atomic E-state index is 11.5. The van der Waals surface area contributed by atoms with E-state index in [0.717, 1.165) is 37.8 Å². The molecule has 0 saturated heterocycles. The molecule has 1 aromatic carbocycles. The summed E-state index contributed by atoms with van der Waals surface area (Å²) in [7, 11) is 0. The summed E-state index contributed by atoms with van der Waals surface area (Å²) in [6, 6.07) is 10.0. The molecule has 0 heterocycles. The predicted octanol–water partition coefficient (Wildman–Crippen LogP) is 5.01. The van der Waals surface area contributed by atoms with Crippen LogP contribution in [0.5, 0.6) is 0 Å². The Morgan fingerprint density at radius 1 is 0.769 bits per heavy atom. The maximum atomic E-state index is 11.5. The Kier molecular flexibility index (Phi) is 12.8. The summed E-state index contributed by atoms with van der Waals surface area (Å²) < 4.78 is 10.1. The number of esters is 2. The number of carbonyl (C=O) groups is 2. The Hall–Kier alpha value is -2.10. The molecule has 0 unspecified atom stereocenters. The molecule has 1 rings (SSSR count). The highest BCUT2D eigenvalue weighted by Gasteiger charge is 2.01. The van der Waals surface area contributed by atoms with E-state index in [0.29, 0.717) is 13.2 Å². The number of unbranched alkanes of at least 4 members (excludes halogenated alkanes) is 6. The third kappa shape index (κ3) is 12.3. The lowest BCUT2D eigenvalue weighted by molar-refractivity contribution is -0.140. The Balaban J connectivity index is 1.99. The van der Waals surface area contributed by atoms with Gasteiger partial charge in [-0.1, -0.05) is 75.8 Å². The largest absolute Gasteiger partial charge is 0.463 e. The van der Waals surface area contributed by atoms with Gasteiger partial charge in [0.2, 0.25) is 0 Å². The fourth-order valence-electron chi connectivity index (χ4n) is 2.56. The van der Waals surface area contributed by atoms with Crippen LogP contribution in [-0.2, 0) is 25.5 Å². The van der Waals surface area contributed by atoms with Gasteiger partial charge in [-0.2, -0.15) is 0 Å². The highest BCUT2D eigenvalue weighted by Crippen LogP contribution is 2.07. The summed E-state index contributed by atoms with van der Waals surface area (Å²) in [5.74, 6) is -0.997. The Morgan fingerprint density at radius 2 is 1.31 bits per heavy atom. The zero-order valence-electron chi connectivity index (χ0n) is 16.0. The van der Waals surface area contributed by atoms with Gasteiger partial charge in [0.05, 0.1) is 13.2 Å². The maximum Gasteiger partial charge on any atom is 0.331 e. The number of benzene rings is 1. The molecule has 1 aromatic rings. The Labute approximate surface area is 157 Å². The highest BCUT2D eigenvalue weighted by molar-refractivity contribution is 5.91. The van der Waals surface area contributed by atoms with Crippen LogP contribution in [0, 0.1) is 0 Å². The molecule has 0 amide bonds. The zero-order valence-corrected chi connectivity index (χ0v) is 16.0. The third-order valence-corrected chi connectivity index (χ3v) is 4.04. The van der Waals surface area contributed by atoms with E-state index in [1.807, 2.05) is 30.3 Å². The molecule has 0 aromatic heterocycles. The van der Waals surface area contributed by atoms with Crippen LogP contribution in [0.4, 0.5) is 0 Å². The molecule has 4 nitrogen and oxygen atoms in total. The van der Waals surface area contributed by atoms with Crippen LogP contribution in [0.15, 0.2) is 42.5 Å². The molecule has 0 aliphatic rings. The van der Waals surface area contributed by atoms with E-state index >= 15 is 0 Å². The molecule has 0 radical (unpaired) electrons. The predicted molar refractivity (Wildman–Crippen MR) is 104 cm³/mol. The smallest absolute Gasteiger partial charge is 0.331 e. The van der Waals surface area contributed by atoms with E-state index in [4.69, 9.17) is 9.47 Å². The number of hydrogen-bond acceptors (Lipinski definition) is 4. The van der Waals surface area contributed by atoms with Gasteiger partial charge >= 0.3 is 11.9 Å². The molecule has 0 atom stereocenters. The van der Waals surface area contributed by atoms with Crippen molar-refractivity contribution < 1.29 is 19.1 Å².